The fourth-order valence-corrected chi connectivity index (χ4v) is 3.15. The average Bonchev–Trinajstić information content (AvgIpc) is 2.42. The molecule has 0 spiro atoms. The summed E-state index contributed by atoms with van der Waals surface area (Å²) in [5.41, 5.74) is 1.11. The van der Waals surface area contributed by atoms with Crippen molar-refractivity contribution in [1.29, 1.82) is 0 Å². The lowest BCUT2D eigenvalue weighted by Crippen LogP contribution is -2.53. The Morgan fingerprint density at radius 2 is 1.94 bits per heavy atom. The molecule has 4 rings (SSSR count). The number of piperidine rings is 3. The zero-order chi connectivity index (χ0) is 12.5. The van der Waals surface area contributed by atoms with Gasteiger partial charge in [-0.3, -0.25) is 0 Å². The van der Waals surface area contributed by atoms with Gasteiger partial charge in [0.15, 0.2) is 0 Å². The van der Waals surface area contributed by atoms with Gasteiger partial charge in [-0.05, 0) is 38.8 Å². The first-order chi connectivity index (χ1) is 8.78. The molecule has 3 saturated heterocycles. The second-order valence-electron chi connectivity index (χ2n) is 5.33. The first kappa shape index (κ1) is 11.7. The standard InChI is InChI=1S/C13H21N5/c1-9-12(14-2)15-8-16-13(9)17-11-7-18-5-3-10(11)4-6-18/h8,10-11H,3-7H2,1-2H3,(H2,14,15,16,17). The molecular weight excluding hydrogens is 226 g/mol. The van der Waals surface area contributed by atoms with Crippen molar-refractivity contribution in [1.82, 2.24) is 14.9 Å². The Morgan fingerprint density at radius 1 is 1.22 bits per heavy atom. The van der Waals surface area contributed by atoms with E-state index in [2.05, 4.69) is 32.4 Å². The maximum absolute atomic E-state index is 4.38. The minimum Gasteiger partial charge on any atom is -0.373 e. The zero-order valence-electron chi connectivity index (χ0n) is 11.1. The maximum atomic E-state index is 4.38. The molecule has 2 bridgehead atoms. The molecule has 0 aromatic carbocycles. The molecule has 1 aromatic heterocycles. The van der Waals surface area contributed by atoms with Gasteiger partial charge in [0.1, 0.15) is 18.0 Å². The first-order valence-electron chi connectivity index (χ1n) is 6.76. The third-order valence-electron chi connectivity index (χ3n) is 4.30. The highest BCUT2D eigenvalue weighted by Gasteiger charge is 2.34. The third kappa shape index (κ3) is 2.03. The van der Waals surface area contributed by atoms with Crippen molar-refractivity contribution in [2.24, 2.45) is 5.92 Å². The van der Waals surface area contributed by atoms with Crippen LogP contribution in [0.2, 0.25) is 0 Å². The smallest absolute Gasteiger partial charge is 0.134 e. The molecule has 1 unspecified atom stereocenters. The van der Waals surface area contributed by atoms with Crippen LogP contribution in [0.15, 0.2) is 6.33 Å². The summed E-state index contributed by atoms with van der Waals surface area (Å²) in [6, 6.07) is 0.547. The fraction of sp³-hybridized carbons (Fsp3) is 0.692. The molecule has 0 radical (unpaired) electrons. The summed E-state index contributed by atoms with van der Waals surface area (Å²) in [6.07, 6.45) is 4.27. The van der Waals surface area contributed by atoms with Crippen LogP contribution in [-0.2, 0) is 0 Å². The summed E-state index contributed by atoms with van der Waals surface area (Å²) in [5, 5.41) is 6.73. The molecule has 3 aliphatic rings. The lowest BCUT2D eigenvalue weighted by molar-refractivity contribution is 0.0973. The predicted octanol–water partition coefficient (Wildman–Crippen LogP) is 1.33. The van der Waals surface area contributed by atoms with Crippen LogP contribution >= 0.6 is 0 Å². The Hall–Kier alpha value is -1.36. The van der Waals surface area contributed by atoms with Crippen molar-refractivity contribution in [2.45, 2.75) is 25.8 Å². The second kappa shape index (κ2) is 4.72. The summed E-state index contributed by atoms with van der Waals surface area (Å²) in [7, 11) is 1.90. The molecule has 1 aromatic rings. The van der Waals surface area contributed by atoms with Crippen LogP contribution < -0.4 is 10.6 Å². The van der Waals surface area contributed by atoms with E-state index in [9.17, 15) is 0 Å². The molecular formula is C13H21N5. The van der Waals surface area contributed by atoms with Gasteiger partial charge in [0, 0.05) is 25.2 Å². The van der Waals surface area contributed by atoms with E-state index in [-0.39, 0.29) is 0 Å². The van der Waals surface area contributed by atoms with Crippen molar-refractivity contribution in [3.05, 3.63) is 11.9 Å². The van der Waals surface area contributed by atoms with Gasteiger partial charge in [-0.25, -0.2) is 9.97 Å². The normalized spacial score (nSPS) is 30.2. The number of nitrogens with one attached hydrogen (secondary N) is 2. The van der Waals surface area contributed by atoms with Crippen LogP contribution in [0.25, 0.3) is 0 Å². The highest BCUT2D eigenvalue weighted by molar-refractivity contribution is 5.56. The van der Waals surface area contributed by atoms with E-state index in [1.807, 2.05) is 7.05 Å². The molecule has 0 aliphatic carbocycles. The number of hydrogen-bond acceptors (Lipinski definition) is 5. The molecule has 5 nitrogen and oxygen atoms in total. The number of anilines is 2. The van der Waals surface area contributed by atoms with Gasteiger partial charge in [0.05, 0.1) is 0 Å². The minimum atomic E-state index is 0.547. The van der Waals surface area contributed by atoms with Crippen LogP contribution in [0, 0.1) is 12.8 Å². The van der Waals surface area contributed by atoms with Crippen LogP contribution in [-0.4, -0.2) is 47.6 Å². The van der Waals surface area contributed by atoms with Gasteiger partial charge in [-0.1, -0.05) is 0 Å². The molecule has 5 heteroatoms. The molecule has 1 atom stereocenters. The second-order valence-corrected chi connectivity index (χ2v) is 5.33. The molecule has 0 saturated carbocycles. The molecule has 4 heterocycles. The van der Waals surface area contributed by atoms with Crippen LogP contribution in [0.1, 0.15) is 18.4 Å². The number of aromatic nitrogens is 2. The molecule has 18 heavy (non-hydrogen) atoms. The highest BCUT2D eigenvalue weighted by Crippen LogP contribution is 2.30. The number of rotatable bonds is 3. The fourth-order valence-electron chi connectivity index (χ4n) is 3.15. The minimum absolute atomic E-state index is 0.547. The van der Waals surface area contributed by atoms with E-state index >= 15 is 0 Å². The van der Waals surface area contributed by atoms with Crippen molar-refractivity contribution >= 4 is 11.6 Å². The van der Waals surface area contributed by atoms with Gasteiger partial charge in [-0.2, -0.15) is 0 Å². The first-order valence-corrected chi connectivity index (χ1v) is 6.76. The predicted molar refractivity (Wildman–Crippen MR) is 72.9 cm³/mol. The van der Waals surface area contributed by atoms with Gasteiger partial charge < -0.3 is 15.5 Å². The number of nitrogens with zero attached hydrogens (tertiary/aromatic N) is 3. The maximum Gasteiger partial charge on any atom is 0.134 e. The molecule has 0 amide bonds. The van der Waals surface area contributed by atoms with E-state index in [1.165, 1.54) is 25.9 Å². The Morgan fingerprint density at radius 3 is 2.56 bits per heavy atom. The summed E-state index contributed by atoms with van der Waals surface area (Å²) in [5.74, 6) is 2.70. The molecule has 2 N–H and O–H groups in total. The van der Waals surface area contributed by atoms with Crippen LogP contribution in [0.3, 0.4) is 0 Å². The largest absolute Gasteiger partial charge is 0.373 e. The van der Waals surface area contributed by atoms with Crippen molar-refractivity contribution in [3.63, 3.8) is 0 Å². The van der Waals surface area contributed by atoms with Crippen LogP contribution in [0.5, 0.6) is 0 Å². The Balaban J connectivity index is 1.76. The summed E-state index contributed by atoms with van der Waals surface area (Å²) >= 11 is 0. The van der Waals surface area contributed by atoms with Gasteiger partial charge >= 0.3 is 0 Å². The molecule has 3 fully saturated rings. The highest BCUT2D eigenvalue weighted by atomic mass is 15.2. The lowest BCUT2D eigenvalue weighted by Gasteiger charge is -2.45. The van der Waals surface area contributed by atoms with Gasteiger partial charge in [-0.15, -0.1) is 0 Å². The molecule has 3 aliphatic heterocycles. The zero-order valence-corrected chi connectivity index (χ0v) is 11.1. The van der Waals surface area contributed by atoms with E-state index in [0.29, 0.717) is 6.04 Å². The van der Waals surface area contributed by atoms with Gasteiger partial charge in [0.2, 0.25) is 0 Å². The third-order valence-corrected chi connectivity index (χ3v) is 4.30. The molecule has 98 valence electrons. The van der Waals surface area contributed by atoms with Crippen molar-refractivity contribution < 1.29 is 0 Å². The SMILES string of the molecule is CNc1ncnc(NC2CN3CCC2CC3)c1C. The van der Waals surface area contributed by atoms with Gasteiger partial charge in [0.25, 0.3) is 0 Å². The Labute approximate surface area is 108 Å². The van der Waals surface area contributed by atoms with E-state index < -0.39 is 0 Å². The monoisotopic (exact) mass is 247 g/mol. The average molecular weight is 247 g/mol. The lowest BCUT2D eigenvalue weighted by atomic mass is 9.84. The quantitative estimate of drug-likeness (QED) is 0.844. The topological polar surface area (TPSA) is 53.1 Å². The van der Waals surface area contributed by atoms with E-state index in [4.69, 9.17) is 0 Å². The van der Waals surface area contributed by atoms with E-state index in [0.717, 1.165) is 29.7 Å². The summed E-state index contributed by atoms with van der Waals surface area (Å²) in [4.78, 5) is 11.2. The van der Waals surface area contributed by atoms with E-state index in [1.54, 1.807) is 6.33 Å². The van der Waals surface area contributed by atoms with Crippen molar-refractivity contribution in [2.75, 3.05) is 37.3 Å². The van der Waals surface area contributed by atoms with Crippen LogP contribution in [0.4, 0.5) is 11.6 Å². The summed E-state index contributed by atoms with van der Waals surface area (Å²) < 4.78 is 0. The van der Waals surface area contributed by atoms with Crippen molar-refractivity contribution in [3.8, 4) is 0 Å². The Bertz CT molecular complexity index is 425. The number of hydrogen-bond donors (Lipinski definition) is 2. The Kier molecular flexibility index (Phi) is 3.07. The number of fused-ring (bicyclic) bond motifs is 3. The summed E-state index contributed by atoms with van der Waals surface area (Å²) in [6.45, 7) is 5.76.